The summed E-state index contributed by atoms with van der Waals surface area (Å²) < 4.78 is 5.18. The van der Waals surface area contributed by atoms with Gasteiger partial charge >= 0.3 is 5.97 Å². The number of nitro benzene ring substituents is 1. The van der Waals surface area contributed by atoms with Gasteiger partial charge in [0.15, 0.2) is 0 Å². The molecule has 2 rings (SSSR count). The van der Waals surface area contributed by atoms with Gasteiger partial charge in [0.1, 0.15) is 6.61 Å². The number of hydrogen-bond acceptors (Lipinski definition) is 4. The van der Waals surface area contributed by atoms with Crippen LogP contribution in [0.2, 0.25) is 0 Å². The minimum atomic E-state index is -0.464. The van der Waals surface area contributed by atoms with E-state index in [1.165, 1.54) is 12.1 Å². The van der Waals surface area contributed by atoms with E-state index in [1.807, 2.05) is 31.2 Å². The van der Waals surface area contributed by atoms with Crippen molar-refractivity contribution in [1.82, 2.24) is 0 Å². The lowest BCUT2D eigenvalue weighted by atomic mass is 10.1. The fraction of sp³-hybridized carbons (Fsp3) is 0.188. The molecule has 2 aromatic rings. The molecule has 5 heteroatoms. The number of carbonyl (C=O) groups excluding carboxylic acids is 1. The summed E-state index contributed by atoms with van der Waals surface area (Å²) in [4.78, 5) is 21.9. The topological polar surface area (TPSA) is 69.4 Å². The maximum absolute atomic E-state index is 11.8. The van der Waals surface area contributed by atoms with E-state index in [1.54, 1.807) is 12.1 Å². The third kappa shape index (κ3) is 4.14. The first-order chi connectivity index (χ1) is 10.1. The van der Waals surface area contributed by atoms with Crippen molar-refractivity contribution in [2.75, 3.05) is 0 Å². The average molecular weight is 285 g/mol. The Kier molecular flexibility index (Phi) is 4.66. The molecular weight excluding hydrogens is 270 g/mol. The normalized spacial score (nSPS) is 10.1. The Labute approximate surface area is 122 Å². The first-order valence-corrected chi connectivity index (χ1v) is 6.50. The summed E-state index contributed by atoms with van der Waals surface area (Å²) in [5.41, 5.74) is 2.72. The van der Waals surface area contributed by atoms with Crippen LogP contribution < -0.4 is 0 Å². The van der Waals surface area contributed by atoms with Crippen LogP contribution in [0.25, 0.3) is 0 Å². The highest BCUT2D eigenvalue weighted by atomic mass is 16.6. The number of carbonyl (C=O) groups is 1. The second-order valence-corrected chi connectivity index (χ2v) is 4.69. The van der Waals surface area contributed by atoms with Gasteiger partial charge in [0.25, 0.3) is 5.69 Å². The van der Waals surface area contributed by atoms with Crippen LogP contribution in [0.4, 0.5) is 5.69 Å². The van der Waals surface area contributed by atoms with Gasteiger partial charge in [-0.3, -0.25) is 14.9 Å². The molecule has 2 aromatic carbocycles. The van der Waals surface area contributed by atoms with E-state index in [0.717, 1.165) is 16.7 Å². The molecule has 0 saturated carbocycles. The number of esters is 1. The lowest BCUT2D eigenvalue weighted by molar-refractivity contribution is -0.384. The largest absolute Gasteiger partial charge is 0.461 e. The van der Waals surface area contributed by atoms with Gasteiger partial charge in [0.05, 0.1) is 11.3 Å². The van der Waals surface area contributed by atoms with Crippen molar-refractivity contribution < 1.29 is 14.5 Å². The highest BCUT2D eigenvalue weighted by molar-refractivity contribution is 5.73. The first-order valence-electron chi connectivity index (χ1n) is 6.50. The molecule has 0 heterocycles. The van der Waals surface area contributed by atoms with Gasteiger partial charge in [-0.15, -0.1) is 0 Å². The van der Waals surface area contributed by atoms with Gasteiger partial charge in [-0.05, 0) is 35.7 Å². The number of non-ortho nitro benzene ring substituents is 1. The summed E-state index contributed by atoms with van der Waals surface area (Å²) in [5, 5.41) is 10.5. The molecule has 5 nitrogen and oxygen atoms in total. The van der Waals surface area contributed by atoms with Crippen LogP contribution in [-0.4, -0.2) is 10.9 Å². The fourth-order valence-electron chi connectivity index (χ4n) is 1.89. The molecule has 0 amide bonds. The lowest BCUT2D eigenvalue weighted by Gasteiger charge is -2.07. The number of benzene rings is 2. The van der Waals surface area contributed by atoms with E-state index >= 15 is 0 Å². The number of nitrogens with zero attached hydrogens (tertiary/aromatic N) is 1. The molecule has 0 N–H and O–H groups in total. The van der Waals surface area contributed by atoms with Gasteiger partial charge in [-0.1, -0.05) is 24.3 Å². The Morgan fingerprint density at radius 1 is 1.14 bits per heavy atom. The van der Waals surface area contributed by atoms with E-state index in [0.29, 0.717) is 0 Å². The Hall–Kier alpha value is -2.69. The van der Waals surface area contributed by atoms with Crippen LogP contribution in [0, 0.1) is 17.0 Å². The molecule has 0 fully saturated rings. The molecule has 0 aliphatic heterocycles. The molecule has 0 aromatic heterocycles. The summed E-state index contributed by atoms with van der Waals surface area (Å²) in [6.07, 6.45) is 0.222. The van der Waals surface area contributed by atoms with Gasteiger partial charge < -0.3 is 4.74 Å². The minimum Gasteiger partial charge on any atom is -0.461 e. The summed E-state index contributed by atoms with van der Waals surface area (Å²) in [6.45, 7) is 2.06. The minimum absolute atomic E-state index is 0.0185. The monoisotopic (exact) mass is 285 g/mol. The molecule has 21 heavy (non-hydrogen) atoms. The third-order valence-electron chi connectivity index (χ3n) is 3.14. The summed E-state index contributed by atoms with van der Waals surface area (Å²) in [6, 6.07) is 13.6. The lowest BCUT2D eigenvalue weighted by Crippen LogP contribution is -2.08. The van der Waals surface area contributed by atoms with Crippen molar-refractivity contribution in [3.05, 3.63) is 75.3 Å². The standard InChI is InChI=1S/C16H15NO4/c1-12-4-2-3-5-14(12)10-16(18)21-11-13-6-8-15(9-7-13)17(19)20/h2-9H,10-11H2,1H3. The SMILES string of the molecule is Cc1ccccc1CC(=O)OCc1ccc([N+](=O)[O-])cc1. The summed E-state index contributed by atoms with van der Waals surface area (Å²) in [5.74, 6) is -0.317. The quantitative estimate of drug-likeness (QED) is 0.480. The number of hydrogen-bond donors (Lipinski definition) is 0. The molecule has 0 spiro atoms. The van der Waals surface area contributed by atoms with E-state index in [-0.39, 0.29) is 24.7 Å². The molecular formula is C16H15NO4. The Morgan fingerprint density at radius 2 is 1.81 bits per heavy atom. The van der Waals surface area contributed by atoms with Crippen LogP contribution in [0.5, 0.6) is 0 Å². The molecule has 108 valence electrons. The maximum atomic E-state index is 11.8. The van der Waals surface area contributed by atoms with Crippen molar-refractivity contribution in [2.45, 2.75) is 20.0 Å². The predicted molar refractivity (Wildman–Crippen MR) is 77.8 cm³/mol. The fourth-order valence-corrected chi connectivity index (χ4v) is 1.89. The van der Waals surface area contributed by atoms with Gasteiger partial charge in [-0.2, -0.15) is 0 Å². The first kappa shape index (κ1) is 14.7. The van der Waals surface area contributed by atoms with Crippen LogP contribution in [0.3, 0.4) is 0 Å². The van der Waals surface area contributed by atoms with Gasteiger partial charge in [0.2, 0.25) is 0 Å². The molecule has 0 aliphatic rings. The zero-order chi connectivity index (χ0) is 15.2. The van der Waals surface area contributed by atoms with Gasteiger partial charge in [0, 0.05) is 12.1 Å². The van der Waals surface area contributed by atoms with Crippen LogP contribution in [0.1, 0.15) is 16.7 Å². The van der Waals surface area contributed by atoms with Crippen LogP contribution in [-0.2, 0) is 22.6 Å². The second kappa shape index (κ2) is 6.65. The van der Waals surface area contributed by atoms with E-state index in [2.05, 4.69) is 0 Å². The van der Waals surface area contributed by atoms with E-state index < -0.39 is 4.92 Å². The number of aryl methyl sites for hydroxylation is 1. The van der Waals surface area contributed by atoms with Crippen LogP contribution in [0.15, 0.2) is 48.5 Å². The summed E-state index contributed by atoms with van der Waals surface area (Å²) >= 11 is 0. The highest BCUT2D eigenvalue weighted by Gasteiger charge is 2.08. The molecule has 0 atom stereocenters. The Balaban J connectivity index is 1.89. The smallest absolute Gasteiger partial charge is 0.310 e. The molecule has 0 unspecified atom stereocenters. The maximum Gasteiger partial charge on any atom is 0.310 e. The average Bonchev–Trinajstić information content (AvgIpc) is 2.48. The zero-order valence-corrected chi connectivity index (χ0v) is 11.6. The van der Waals surface area contributed by atoms with Crippen molar-refractivity contribution in [3.63, 3.8) is 0 Å². The second-order valence-electron chi connectivity index (χ2n) is 4.69. The molecule has 0 radical (unpaired) electrons. The highest BCUT2D eigenvalue weighted by Crippen LogP contribution is 2.13. The Bertz CT molecular complexity index is 650. The Morgan fingerprint density at radius 3 is 2.43 bits per heavy atom. The van der Waals surface area contributed by atoms with E-state index in [9.17, 15) is 14.9 Å². The van der Waals surface area contributed by atoms with E-state index in [4.69, 9.17) is 4.74 Å². The summed E-state index contributed by atoms with van der Waals surface area (Å²) in [7, 11) is 0. The number of ether oxygens (including phenoxy) is 1. The zero-order valence-electron chi connectivity index (χ0n) is 11.6. The predicted octanol–water partition coefficient (Wildman–Crippen LogP) is 3.19. The van der Waals surface area contributed by atoms with Crippen molar-refractivity contribution in [3.8, 4) is 0 Å². The van der Waals surface area contributed by atoms with Gasteiger partial charge in [-0.25, -0.2) is 0 Å². The molecule has 0 saturated heterocycles. The van der Waals surface area contributed by atoms with Crippen LogP contribution >= 0.6 is 0 Å². The number of rotatable bonds is 5. The van der Waals surface area contributed by atoms with Crippen molar-refractivity contribution >= 4 is 11.7 Å². The van der Waals surface area contributed by atoms with Crippen molar-refractivity contribution in [2.24, 2.45) is 0 Å². The molecule has 0 aliphatic carbocycles. The van der Waals surface area contributed by atoms with Crippen molar-refractivity contribution in [1.29, 1.82) is 0 Å². The third-order valence-corrected chi connectivity index (χ3v) is 3.14. The molecule has 0 bridgehead atoms. The number of nitro groups is 1.